The summed E-state index contributed by atoms with van der Waals surface area (Å²) in [5, 5.41) is 17.5. The van der Waals surface area contributed by atoms with E-state index in [0.29, 0.717) is 5.69 Å². The molecular weight excluding hydrogens is 290 g/mol. The van der Waals surface area contributed by atoms with E-state index in [9.17, 15) is 9.90 Å². The molecule has 1 aliphatic rings. The zero-order valence-corrected chi connectivity index (χ0v) is 12.1. The Bertz CT molecular complexity index is 1000. The van der Waals surface area contributed by atoms with Crippen molar-refractivity contribution in [3.8, 4) is 11.1 Å². The van der Waals surface area contributed by atoms with E-state index in [1.807, 2.05) is 35.2 Å². The van der Waals surface area contributed by atoms with Gasteiger partial charge in [0.25, 0.3) is 0 Å². The molecule has 0 spiro atoms. The first-order chi connectivity index (χ1) is 11.2. The molecule has 0 fully saturated rings. The molecule has 23 heavy (non-hydrogen) atoms. The maximum absolute atomic E-state index is 11.4. The third kappa shape index (κ3) is 2.19. The van der Waals surface area contributed by atoms with Crippen molar-refractivity contribution in [2.24, 2.45) is 0 Å². The van der Waals surface area contributed by atoms with Gasteiger partial charge >= 0.3 is 5.97 Å². The summed E-state index contributed by atoms with van der Waals surface area (Å²) < 4.78 is 2.03. The molecule has 0 saturated carbocycles. The third-order valence-corrected chi connectivity index (χ3v) is 3.88. The number of aromatic amines is 1. The van der Waals surface area contributed by atoms with Crippen LogP contribution in [-0.4, -0.2) is 25.8 Å². The largest absolute Gasteiger partial charge is 0.478 e. The molecular formula is C18H13N3O2. The first-order valence-corrected chi connectivity index (χ1v) is 7.17. The molecule has 3 aromatic rings. The van der Waals surface area contributed by atoms with Gasteiger partial charge in [-0.25, -0.2) is 4.79 Å². The summed E-state index contributed by atoms with van der Waals surface area (Å²) in [6.45, 7) is 0. The van der Waals surface area contributed by atoms with Crippen molar-refractivity contribution in [2.75, 3.05) is 0 Å². The van der Waals surface area contributed by atoms with E-state index in [-0.39, 0.29) is 5.57 Å². The monoisotopic (exact) mass is 303 g/mol. The van der Waals surface area contributed by atoms with Crippen LogP contribution in [0, 0.1) is 0 Å². The predicted molar refractivity (Wildman–Crippen MR) is 89.6 cm³/mol. The van der Waals surface area contributed by atoms with Crippen molar-refractivity contribution in [2.45, 2.75) is 0 Å². The standard InChI is InChI=1S/C18H13N3O2/c22-18(23)13-4-1-2-8-21-9-7-12-5-3-6-14(17(12)21)15-11-19-20-16(15)10-13/h1-11H,(H,19,20)(H,22,23)/b4-1?,8-2+,13-10?. The van der Waals surface area contributed by atoms with Gasteiger partial charge in [0.15, 0.2) is 0 Å². The number of fused-ring (bicyclic) bond motifs is 2. The van der Waals surface area contributed by atoms with Crippen LogP contribution >= 0.6 is 0 Å². The highest BCUT2D eigenvalue weighted by Gasteiger charge is 2.14. The number of carboxylic acids is 1. The van der Waals surface area contributed by atoms with E-state index in [1.165, 1.54) is 0 Å². The summed E-state index contributed by atoms with van der Waals surface area (Å²) in [6.07, 6.45) is 12.3. The maximum Gasteiger partial charge on any atom is 0.335 e. The van der Waals surface area contributed by atoms with Gasteiger partial charge in [0.2, 0.25) is 0 Å². The van der Waals surface area contributed by atoms with Crippen LogP contribution in [0.25, 0.3) is 34.3 Å². The molecule has 0 aliphatic carbocycles. The summed E-state index contributed by atoms with van der Waals surface area (Å²) in [5.41, 5.74) is 3.81. The fourth-order valence-corrected chi connectivity index (χ4v) is 2.82. The number of hydrogen-bond acceptors (Lipinski definition) is 2. The molecule has 0 saturated heterocycles. The van der Waals surface area contributed by atoms with Gasteiger partial charge in [-0.1, -0.05) is 24.3 Å². The predicted octanol–water partition coefficient (Wildman–Crippen LogP) is 3.54. The van der Waals surface area contributed by atoms with Gasteiger partial charge in [0.1, 0.15) is 0 Å². The van der Waals surface area contributed by atoms with E-state index in [1.54, 1.807) is 24.4 Å². The van der Waals surface area contributed by atoms with Crippen LogP contribution in [0.4, 0.5) is 0 Å². The summed E-state index contributed by atoms with van der Waals surface area (Å²) in [4.78, 5) is 11.4. The number of rotatable bonds is 1. The van der Waals surface area contributed by atoms with Gasteiger partial charge in [-0.05, 0) is 24.3 Å². The molecule has 0 unspecified atom stereocenters. The van der Waals surface area contributed by atoms with Gasteiger partial charge in [-0.15, -0.1) is 0 Å². The Morgan fingerprint density at radius 2 is 2.09 bits per heavy atom. The van der Waals surface area contributed by atoms with Crippen molar-refractivity contribution in [1.82, 2.24) is 14.8 Å². The number of benzene rings is 1. The molecule has 1 aromatic carbocycles. The van der Waals surface area contributed by atoms with Gasteiger partial charge in [0, 0.05) is 28.9 Å². The van der Waals surface area contributed by atoms with Crippen molar-refractivity contribution < 1.29 is 9.90 Å². The van der Waals surface area contributed by atoms with Crippen LogP contribution in [0.2, 0.25) is 0 Å². The molecule has 2 N–H and O–H groups in total. The van der Waals surface area contributed by atoms with E-state index < -0.39 is 5.97 Å². The topological polar surface area (TPSA) is 70.9 Å². The normalized spacial score (nSPS) is 14.9. The second-order valence-corrected chi connectivity index (χ2v) is 5.27. The average molecular weight is 303 g/mol. The molecule has 112 valence electrons. The summed E-state index contributed by atoms with van der Waals surface area (Å²) in [6, 6.07) is 8.11. The maximum atomic E-state index is 11.4. The van der Waals surface area contributed by atoms with E-state index in [2.05, 4.69) is 22.3 Å². The van der Waals surface area contributed by atoms with Gasteiger partial charge < -0.3 is 9.67 Å². The second kappa shape index (κ2) is 5.14. The molecule has 0 radical (unpaired) electrons. The molecule has 5 nitrogen and oxygen atoms in total. The Kier molecular flexibility index (Phi) is 2.98. The lowest BCUT2D eigenvalue weighted by atomic mass is 10.0. The van der Waals surface area contributed by atoms with Gasteiger partial charge in [-0.2, -0.15) is 5.10 Å². The number of aliphatic carboxylic acids is 1. The number of allylic oxidation sites excluding steroid dienone is 2. The highest BCUT2D eigenvalue weighted by Crippen LogP contribution is 2.32. The first kappa shape index (κ1) is 13.3. The zero-order chi connectivity index (χ0) is 15.8. The number of hydrogen-bond donors (Lipinski definition) is 2. The molecule has 4 rings (SSSR count). The Morgan fingerprint density at radius 3 is 2.96 bits per heavy atom. The highest BCUT2D eigenvalue weighted by atomic mass is 16.4. The Morgan fingerprint density at radius 1 is 1.17 bits per heavy atom. The third-order valence-electron chi connectivity index (χ3n) is 3.88. The number of para-hydroxylation sites is 1. The molecule has 0 atom stereocenters. The number of aromatic nitrogens is 3. The number of H-pyrrole nitrogens is 1. The van der Waals surface area contributed by atoms with Gasteiger partial charge in [-0.3, -0.25) is 5.10 Å². The van der Waals surface area contributed by atoms with E-state index in [4.69, 9.17) is 0 Å². The quantitative estimate of drug-likeness (QED) is 0.722. The number of carboxylic acid groups (broad SMARTS) is 1. The van der Waals surface area contributed by atoms with Crippen molar-refractivity contribution in [3.63, 3.8) is 0 Å². The minimum Gasteiger partial charge on any atom is -0.478 e. The van der Waals surface area contributed by atoms with Crippen molar-refractivity contribution in [3.05, 3.63) is 66.2 Å². The lowest BCUT2D eigenvalue weighted by Gasteiger charge is -2.06. The molecule has 0 bridgehead atoms. The summed E-state index contributed by atoms with van der Waals surface area (Å²) in [5.74, 6) is -0.979. The SMILES string of the molecule is O=C(O)C1=Cc2[nH]ncc2-c2cccc3ccn(c23)/C=C/C=C1. The van der Waals surface area contributed by atoms with Crippen molar-refractivity contribution in [1.29, 1.82) is 0 Å². The molecule has 2 aromatic heterocycles. The van der Waals surface area contributed by atoms with Crippen LogP contribution in [-0.2, 0) is 4.79 Å². The van der Waals surface area contributed by atoms with Crippen LogP contribution in [0.1, 0.15) is 5.69 Å². The minimum atomic E-state index is -0.979. The minimum absolute atomic E-state index is 0.193. The molecule has 3 heterocycles. The van der Waals surface area contributed by atoms with Crippen molar-refractivity contribution >= 4 is 29.1 Å². The van der Waals surface area contributed by atoms with Crippen LogP contribution in [0.15, 0.2) is 60.5 Å². The highest BCUT2D eigenvalue weighted by molar-refractivity contribution is 6.00. The molecule has 5 heteroatoms. The number of nitrogens with one attached hydrogen (secondary N) is 1. The molecule has 0 amide bonds. The number of nitrogens with zero attached hydrogens (tertiary/aromatic N) is 2. The Hall–Kier alpha value is -3.34. The van der Waals surface area contributed by atoms with Gasteiger partial charge in [0.05, 0.1) is 23.0 Å². The lowest BCUT2D eigenvalue weighted by Crippen LogP contribution is -1.97. The second-order valence-electron chi connectivity index (χ2n) is 5.27. The first-order valence-electron chi connectivity index (χ1n) is 7.17. The summed E-state index contributed by atoms with van der Waals surface area (Å²) in [7, 11) is 0. The summed E-state index contributed by atoms with van der Waals surface area (Å²) >= 11 is 0. The van der Waals surface area contributed by atoms with E-state index >= 15 is 0 Å². The average Bonchev–Trinajstić information content (AvgIpc) is 3.15. The fourth-order valence-electron chi connectivity index (χ4n) is 2.82. The van der Waals surface area contributed by atoms with Crippen LogP contribution in [0.5, 0.6) is 0 Å². The smallest absolute Gasteiger partial charge is 0.335 e. The Labute approximate surface area is 131 Å². The fraction of sp³-hybridized carbons (Fsp3) is 0. The van der Waals surface area contributed by atoms with Crippen LogP contribution < -0.4 is 0 Å². The lowest BCUT2D eigenvalue weighted by molar-refractivity contribution is -0.132. The Balaban J connectivity index is 2.08. The zero-order valence-electron chi connectivity index (χ0n) is 12.1. The van der Waals surface area contributed by atoms with E-state index in [0.717, 1.165) is 22.0 Å². The van der Waals surface area contributed by atoms with Crippen LogP contribution in [0.3, 0.4) is 0 Å². The number of carbonyl (C=O) groups is 1. The molecule has 1 aliphatic heterocycles.